The fourth-order valence-electron chi connectivity index (χ4n) is 2.94. The smallest absolute Gasteiger partial charge is 0.0949 e. The molecule has 3 unspecified atom stereocenters. The van der Waals surface area contributed by atoms with Crippen molar-refractivity contribution in [3.05, 3.63) is 35.9 Å². The molecular formula is C14H19NO. The Kier molecular flexibility index (Phi) is 2.94. The van der Waals surface area contributed by atoms with Crippen molar-refractivity contribution in [3.63, 3.8) is 0 Å². The van der Waals surface area contributed by atoms with Crippen molar-refractivity contribution in [2.45, 2.75) is 31.4 Å². The van der Waals surface area contributed by atoms with Gasteiger partial charge in [0.25, 0.3) is 0 Å². The second-order valence-corrected chi connectivity index (χ2v) is 4.94. The zero-order chi connectivity index (χ0) is 10.8. The Balaban J connectivity index is 1.71. The summed E-state index contributed by atoms with van der Waals surface area (Å²) in [5.74, 6) is 0.744. The molecule has 1 aliphatic heterocycles. The fourth-order valence-corrected chi connectivity index (χ4v) is 2.94. The van der Waals surface area contributed by atoms with Gasteiger partial charge in [-0.1, -0.05) is 36.8 Å². The van der Waals surface area contributed by atoms with E-state index in [1.165, 1.54) is 24.8 Å². The zero-order valence-corrected chi connectivity index (χ0v) is 9.56. The number of benzene rings is 1. The van der Waals surface area contributed by atoms with E-state index >= 15 is 0 Å². The van der Waals surface area contributed by atoms with E-state index < -0.39 is 0 Å². The molecule has 1 aromatic rings. The van der Waals surface area contributed by atoms with Crippen molar-refractivity contribution in [3.8, 4) is 0 Å². The summed E-state index contributed by atoms with van der Waals surface area (Å²) in [6.45, 7) is 1.89. The maximum absolute atomic E-state index is 6.04. The number of nitrogens with one attached hydrogen (secondary N) is 1. The average molecular weight is 217 g/mol. The molecule has 86 valence electrons. The molecule has 3 atom stereocenters. The van der Waals surface area contributed by atoms with Crippen LogP contribution in [0.1, 0.15) is 30.9 Å². The van der Waals surface area contributed by atoms with Gasteiger partial charge in [0.05, 0.1) is 12.7 Å². The summed E-state index contributed by atoms with van der Waals surface area (Å²) in [5, 5.41) is 3.67. The van der Waals surface area contributed by atoms with Crippen LogP contribution < -0.4 is 5.32 Å². The summed E-state index contributed by atoms with van der Waals surface area (Å²) in [6.07, 6.45) is 4.27. The molecule has 2 nitrogen and oxygen atoms in total. The van der Waals surface area contributed by atoms with Crippen molar-refractivity contribution in [2.75, 3.05) is 13.2 Å². The number of ether oxygens (including phenoxy) is 1. The lowest BCUT2D eigenvalue weighted by Gasteiger charge is -2.16. The first kappa shape index (κ1) is 10.3. The molecule has 1 aliphatic carbocycles. The predicted octanol–water partition coefficient (Wildman–Crippen LogP) is 2.52. The van der Waals surface area contributed by atoms with Gasteiger partial charge < -0.3 is 10.1 Å². The molecule has 1 saturated carbocycles. The third-order valence-electron chi connectivity index (χ3n) is 3.91. The van der Waals surface area contributed by atoms with Crippen LogP contribution in [-0.2, 0) is 4.74 Å². The van der Waals surface area contributed by atoms with Crippen LogP contribution in [0.5, 0.6) is 0 Å². The van der Waals surface area contributed by atoms with Crippen LogP contribution in [0.4, 0.5) is 0 Å². The monoisotopic (exact) mass is 217 g/mol. The molecule has 3 rings (SSSR count). The lowest BCUT2D eigenvalue weighted by molar-refractivity contribution is 0.0474. The van der Waals surface area contributed by atoms with Crippen LogP contribution in [-0.4, -0.2) is 19.2 Å². The van der Waals surface area contributed by atoms with E-state index in [2.05, 4.69) is 35.6 Å². The molecule has 2 aliphatic rings. The van der Waals surface area contributed by atoms with Crippen LogP contribution in [0.2, 0.25) is 0 Å². The van der Waals surface area contributed by atoms with Gasteiger partial charge in [0.2, 0.25) is 0 Å². The summed E-state index contributed by atoms with van der Waals surface area (Å²) in [5.41, 5.74) is 1.30. The Morgan fingerprint density at radius 1 is 1.12 bits per heavy atom. The fraction of sp³-hybridized carbons (Fsp3) is 0.571. The van der Waals surface area contributed by atoms with Crippen LogP contribution in [0.25, 0.3) is 0 Å². The lowest BCUT2D eigenvalue weighted by Crippen LogP contribution is -2.32. The van der Waals surface area contributed by atoms with E-state index in [4.69, 9.17) is 4.74 Å². The van der Waals surface area contributed by atoms with E-state index in [1.807, 2.05) is 0 Å². The number of hydrogen-bond acceptors (Lipinski definition) is 2. The van der Waals surface area contributed by atoms with Crippen molar-refractivity contribution in [1.29, 1.82) is 0 Å². The maximum Gasteiger partial charge on any atom is 0.0949 e. The summed E-state index contributed by atoms with van der Waals surface area (Å²) >= 11 is 0. The highest BCUT2D eigenvalue weighted by Gasteiger charge is 2.31. The van der Waals surface area contributed by atoms with Gasteiger partial charge in [-0.3, -0.25) is 0 Å². The normalized spacial score (nSPS) is 34.4. The lowest BCUT2D eigenvalue weighted by atomic mass is 10.1. The molecular weight excluding hydrogens is 198 g/mol. The van der Waals surface area contributed by atoms with E-state index in [1.54, 1.807) is 0 Å². The predicted molar refractivity (Wildman–Crippen MR) is 64.3 cm³/mol. The minimum Gasteiger partial charge on any atom is -0.372 e. The molecule has 1 heterocycles. The Hall–Kier alpha value is -0.860. The summed E-state index contributed by atoms with van der Waals surface area (Å²) in [4.78, 5) is 0. The van der Waals surface area contributed by atoms with Gasteiger partial charge in [0.1, 0.15) is 0 Å². The first-order chi connectivity index (χ1) is 7.93. The third-order valence-corrected chi connectivity index (χ3v) is 3.91. The second kappa shape index (κ2) is 4.56. The molecule has 2 fully saturated rings. The highest BCUT2D eigenvalue weighted by Crippen LogP contribution is 2.30. The number of hydrogen-bond donors (Lipinski definition) is 1. The molecule has 0 aromatic heterocycles. The van der Waals surface area contributed by atoms with Crippen molar-refractivity contribution < 1.29 is 4.74 Å². The van der Waals surface area contributed by atoms with Gasteiger partial charge in [0, 0.05) is 12.6 Å². The van der Waals surface area contributed by atoms with Crippen molar-refractivity contribution in [2.24, 2.45) is 5.92 Å². The Morgan fingerprint density at radius 3 is 2.88 bits per heavy atom. The molecule has 0 spiro atoms. The second-order valence-electron chi connectivity index (χ2n) is 4.94. The summed E-state index contributed by atoms with van der Waals surface area (Å²) < 4.78 is 6.04. The minimum absolute atomic E-state index is 0.242. The average Bonchev–Trinajstić information content (AvgIpc) is 2.70. The van der Waals surface area contributed by atoms with E-state index in [0.717, 1.165) is 19.1 Å². The molecule has 0 amide bonds. The highest BCUT2D eigenvalue weighted by molar-refractivity contribution is 5.18. The number of rotatable bonds is 1. The number of fused-ring (bicyclic) bond motifs is 1. The molecule has 1 N–H and O–H groups in total. The van der Waals surface area contributed by atoms with Gasteiger partial charge in [-0.05, 0) is 24.3 Å². The van der Waals surface area contributed by atoms with Crippen LogP contribution in [0.15, 0.2) is 30.3 Å². The highest BCUT2D eigenvalue weighted by atomic mass is 16.5. The first-order valence-corrected chi connectivity index (χ1v) is 6.33. The summed E-state index contributed by atoms with van der Waals surface area (Å²) in [6, 6.07) is 11.3. The SMILES string of the molecule is c1ccc(C2CNC3CCCC3CO2)cc1. The van der Waals surface area contributed by atoms with Gasteiger partial charge in [0.15, 0.2) is 0 Å². The van der Waals surface area contributed by atoms with E-state index in [0.29, 0.717) is 6.04 Å². The van der Waals surface area contributed by atoms with Crippen LogP contribution in [0.3, 0.4) is 0 Å². The van der Waals surface area contributed by atoms with Crippen molar-refractivity contribution in [1.82, 2.24) is 5.32 Å². The van der Waals surface area contributed by atoms with Gasteiger partial charge in [-0.25, -0.2) is 0 Å². The zero-order valence-electron chi connectivity index (χ0n) is 9.56. The molecule has 1 saturated heterocycles. The Morgan fingerprint density at radius 2 is 2.00 bits per heavy atom. The minimum atomic E-state index is 0.242. The Labute approximate surface area is 97.0 Å². The topological polar surface area (TPSA) is 21.3 Å². The summed E-state index contributed by atoms with van der Waals surface area (Å²) in [7, 11) is 0. The van der Waals surface area contributed by atoms with Gasteiger partial charge >= 0.3 is 0 Å². The van der Waals surface area contributed by atoms with Crippen molar-refractivity contribution >= 4 is 0 Å². The third kappa shape index (κ3) is 2.00. The molecule has 0 radical (unpaired) electrons. The molecule has 16 heavy (non-hydrogen) atoms. The molecule has 0 bridgehead atoms. The van der Waals surface area contributed by atoms with Crippen LogP contribution >= 0.6 is 0 Å². The van der Waals surface area contributed by atoms with Crippen LogP contribution in [0, 0.1) is 5.92 Å². The standard InChI is InChI=1S/C14H19NO/c1-2-5-11(6-3-1)14-9-15-13-8-4-7-12(13)10-16-14/h1-3,5-6,12-15H,4,7-10H2. The first-order valence-electron chi connectivity index (χ1n) is 6.33. The van der Waals surface area contributed by atoms with Gasteiger partial charge in [-0.2, -0.15) is 0 Å². The quantitative estimate of drug-likeness (QED) is 0.780. The van der Waals surface area contributed by atoms with E-state index in [9.17, 15) is 0 Å². The molecule has 2 heteroatoms. The molecule has 1 aromatic carbocycles. The van der Waals surface area contributed by atoms with Gasteiger partial charge in [-0.15, -0.1) is 0 Å². The largest absolute Gasteiger partial charge is 0.372 e. The Bertz CT molecular complexity index is 324. The van der Waals surface area contributed by atoms with E-state index in [-0.39, 0.29) is 6.10 Å². The maximum atomic E-state index is 6.04.